The summed E-state index contributed by atoms with van der Waals surface area (Å²) in [6.45, 7) is 0. The average Bonchev–Trinajstić information content (AvgIpc) is 2.34. The maximum Gasteiger partial charge on any atom is 0.418 e. The molecule has 0 radical (unpaired) electrons. The molecule has 0 saturated heterocycles. The Morgan fingerprint density at radius 2 is 2.06 bits per heavy atom. The molecule has 1 rings (SSSR count). The van der Waals surface area contributed by atoms with Crippen LogP contribution in [0.5, 0.6) is 0 Å². The standard InChI is InChI=1S/C11H5BrF3NO2/c12-3-9(18)7-2-1-6(5-17)10(8(7)4-16)11(13,14)15/h1-2,5H,3H2. The number of benzene rings is 1. The van der Waals surface area contributed by atoms with Gasteiger partial charge in [0.15, 0.2) is 12.1 Å². The highest BCUT2D eigenvalue weighted by Gasteiger charge is 2.38. The molecule has 0 aliphatic carbocycles. The van der Waals surface area contributed by atoms with Crippen molar-refractivity contribution >= 4 is 28.0 Å². The summed E-state index contributed by atoms with van der Waals surface area (Å²) in [6.07, 6.45) is -4.87. The van der Waals surface area contributed by atoms with Gasteiger partial charge in [-0.25, -0.2) is 0 Å². The molecule has 0 unspecified atom stereocenters. The first kappa shape index (κ1) is 14.4. The number of rotatable bonds is 3. The van der Waals surface area contributed by atoms with E-state index in [-0.39, 0.29) is 17.2 Å². The third-order valence-corrected chi connectivity index (χ3v) is 2.69. The van der Waals surface area contributed by atoms with Gasteiger partial charge in [0.25, 0.3) is 0 Å². The molecule has 0 heterocycles. The van der Waals surface area contributed by atoms with Gasteiger partial charge in [-0.3, -0.25) is 9.59 Å². The molecule has 94 valence electrons. The van der Waals surface area contributed by atoms with Gasteiger partial charge < -0.3 is 0 Å². The minimum absolute atomic E-state index is 0.00600. The monoisotopic (exact) mass is 319 g/mol. The second-order valence-corrected chi connectivity index (χ2v) is 3.80. The molecule has 0 spiro atoms. The Morgan fingerprint density at radius 3 is 2.44 bits per heavy atom. The molecule has 0 saturated carbocycles. The Kier molecular flexibility index (Phi) is 4.24. The summed E-state index contributed by atoms with van der Waals surface area (Å²) < 4.78 is 38.4. The van der Waals surface area contributed by atoms with E-state index in [1.807, 2.05) is 0 Å². The summed E-state index contributed by atoms with van der Waals surface area (Å²) in [5.74, 6) is -0.658. The highest BCUT2D eigenvalue weighted by molar-refractivity contribution is 9.09. The van der Waals surface area contributed by atoms with Crippen LogP contribution in [-0.4, -0.2) is 17.4 Å². The predicted molar refractivity (Wildman–Crippen MR) is 59.7 cm³/mol. The molecule has 0 bridgehead atoms. The summed E-state index contributed by atoms with van der Waals surface area (Å²) >= 11 is 2.82. The van der Waals surface area contributed by atoms with Gasteiger partial charge in [-0.15, -0.1) is 0 Å². The third kappa shape index (κ3) is 2.59. The molecule has 18 heavy (non-hydrogen) atoms. The Labute approximate surface area is 108 Å². The molecule has 0 N–H and O–H groups in total. The van der Waals surface area contributed by atoms with Crippen LogP contribution in [0.1, 0.15) is 31.8 Å². The van der Waals surface area contributed by atoms with Crippen molar-refractivity contribution in [1.29, 1.82) is 5.26 Å². The summed E-state index contributed by atoms with van der Waals surface area (Å²) in [6, 6.07) is 3.26. The molecule has 0 aliphatic heterocycles. The number of halogens is 4. The number of nitrogens with zero attached hydrogens (tertiary/aromatic N) is 1. The lowest BCUT2D eigenvalue weighted by molar-refractivity contribution is -0.138. The molecule has 0 amide bonds. The van der Waals surface area contributed by atoms with Gasteiger partial charge in [0.05, 0.1) is 16.5 Å². The Balaban J connectivity index is 3.70. The molecular formula is C11H5BrF3NO2. The van der Waals surface area contributed by atoms with E-state index in [0.29, 0.717) is 0 Å². The van der Waals surface area contributed by atoms with Gasteiger partial charge >= 0.3 is 6.18 Å². The van der Waals surface area contributed by atoms with Crippen molar-refractivity contribution in [3.63, 3.8) is 0 Å². The quantitative estimate of drug-likeness (QED) is 0.489. The number of nitriles is 1. The lowest BCUT2D eigenvalue weighted by Gasteiger charge is -2.13. The van der Waals surface area contributed by atoms with Crippen LogP contribution in [0.15, 0.2) is 12.1 Å². The predicted octanol–water partition coefficient (Wildman–Crippen LogP) is 2.97. The van der Waals surface area contributed by atoms with Crippen LogP contribution >= 0.6 is 15.9 Å². The molecule has 0 aromatic heterocycles. The summed E-state index contributed by atoms with van der Waals surface area (Å²) in [7, 11) is 0. The van der Waals surface area contributed by atoms with E-state index in [0.717, 1.165) is 12.1 Å². The van der Waals surface area contributed by atoms with Crippen LogP contribution in [0, 0.1) is 11.3 Å². The van der Waals surface area contributed by atoms with Crippen LogP contribution in [-0.2, 0) is 6.18 Å². The first-order valence-corrected chi connectivity index (χ1v) is 5.67. The SMILES string of the molecule is N#Cc1c(C(=O)CBr)ccc(C=O)c1C(F)(F)F. The lowest BCUT2D eigenvalue weighted by Crippen LogP contribution is -2.15. The molecule has 0 atom stereocenters. The maximum atomic E-state index is 12.8. The number of carbonyl (C=O) groups is 2. The van der Waals surface area contributed by atoms with E-state index >= 15 is 0 Å². The summed E-state index contributed by atoms with van der Waals surface area (Å²) in [4.78, 5) is 22.0. The highest BCUT2D eigenvalue weighted by Crippen LogP contribution is 2.35. The second-order valence-electron chi connectivity index (χ2n) is 3.24. The number of alkyl halides is 4. The first-order valence-electron chi connectivity index (χ1n) is 4.55. The number of hydrogen-bond acceptors (Lipinski definition) is 3. The van der Waals surface area contributed by atoms with E-state index in [9.17, 15) is 22.8 Å². The van der Waals surface area contributed by atoms with Crippen molar-refractivity contribution in [2.75, 3.05) is 5.33 Å². The van der Waals surface area contributed by atoms with Crippen molar-refractivity contribution in [2.24, 2.45) is 0 Å². The van der Waals surface area contributed by atoms with Crippen LogP contribution < -0.4 is 0 Å². The lowest BCUT2D eigenvalue weighted by atomic mass is 9.95. The van der Waals surface area contributed by atoms with E-state index in [4.69, 9.17) is 5.26 Å². The highest BCUT2D eigenvalue weighted by atomic mass is 79.9. The molecule has 1 aromatic carbocycles. The molecule has 0 fully saturated rings. The van der Waals surface area contributed by atoms with E-state index in [2.05, 4.69) is 15.9 Å². The average molecular weight is 320 g/mol. The largest absolute Gasteiger partial charge is 0.418 e. The summed E-state index contributed by atoms with van der Waals surface area (Å²) in [5, 5.41) is 8.58. The van der Waals surface area contributed by atoms with Gasteiger partial charge in [-0.1, -0.05) is 22.0 Å². The normalized spacial score (nSPS) is 10.8. The Morgan fingerprint density at radius 1 is 1.44 bits per heavy atom. The molecule has 3 nitrogen and oxygen atoms in total. The number of aldehydes is 1. The zero-order valence-corrected chi connectivity index (χ0v) is 10.3. The van der Waals surface area contributed by atoms with E-state index in [1.165, 1.54) is 6.07 Å². The van der Waals surface area contributed by atoms with Gasteiger partial charge in [-0.05, 0) is 6.07 Å². The second kappa shape index (κ2) is 5.31. The van der Waals surface area contributed by atoms with Crippen molar-refractivity contribution in [2.45, 2.75) is 6.18 Å². The first-order chi connectivity index (χ1) is 8.36. The zero-order chi connectivity index (χ0) is 13.9. The summed E-state index contributed by atoms with van der Waals surface area (Å²) in [5.41, 5.74) is -3.21. The Bertz CT molecular complexity index is 546. The zero-order valence-electron chi connectivity index (χ0n) is 8.71. The van der Waals surface area contributed by atoms with Crippen molar-refractivity contribution < 1.29 is 22.8 Å². The number of hydrogen-bond donors (Lipinski definition) is 0. The van der Waals surface area contributed by atoms with E-state index in [1.54, 1.807) is 0 Å². The van der Waals surface area contributed by atoms with Gasteiger partial charge in [0, 0.05) is 11.1 Å². The van der Waals surface area contributed by atoms with Gasteiger partial charge in [-0.2, -0.15) is 18.4 Å². The Hall–Kier alpha value is -1.68. The smallest absolute Gasteiger partial charge is 0.298 e. The van der Waals surface area contributed by atoms with Crippen LogP contribution in [0.3, 0.4) is 0 Å². The molecular weight excluding hydrogens is 315 g/mol. The fourth-order valence-electron chi connectivity index (χ4n) is 1.44. The number of ketones is 1. The van der Waals surface area contributed by atoms with Crippen LogP contribution in [0.2, 0.25) is 0 Å². The minimum atomic E-state index is -4.87. The van der Waals surface area contributed by atoms with E-state index < -0.39 is 28.6 Å². The molecule has 7 heteroatoms. The molecule has 0 aliphatic rings. The van der Waals surface area contributed by atoms with Crippen molar-refractivity contribution in [3.05, 3.63) is 34.4 Å². The molecule has 1 aromatic rings. The van der Waals surface area contributed by atoms with Crippen molar-refractivity contribution in [1.82, 2.24) is 0 Å². The maximum absolute atomic E-state index is 12.8. The number of Topliss-reactive ketones (excluding diaryl/α,β-unsaturated/α-hetero) is 1. The van der Waals surface area contributed by atoms with Crippen molar-refractivity contribution in [3.8, 4) is 6.07 Å². The van der Waals surface area contributed by atoms with Crippen LogP contribution in [0.4, 0.5) is 13.2 Å². The number of carbonyl (C=O) groups excluding carboxylic acids is 2. The van der Waals surface area contributed by atoms with Gasteiger partial charge in [0.1, 0.15) is 6.07 Å². The van der Waals surface area contributed by atoms with Gasteiger partial charge in [0.2, 0.25) is 0 Å². The topological polar surface area (TPSA) is 57.9 Å². The fraction of sp³-hybridized carbons (Fsp3) is 0.182. The minimum Gasteiger partial charge on any atom is -0.298 e. The third-order valence-electron chi connectivity index (χ3n) is 2.18. The fourth-order valence-corrected chi connectivity index (χ4v) is 1.74. The van der Waals surface area contributed by atoms with Crippen LogP contribution in [0.25, 0.3) is 0 Å².